The predicted octanol–water partition coefficient (Wildman–Crippen LogP) is 0.310. The van der Waals surface area contributed by atoms with Gasteiger partial charge in [0, 0.05) is 25.7 Å². The van der Waals surface area contributed by atoms with Crippen LogP contribution in [0.25, 0.3) is 0 Å². The van der Waals surface area contributed by atoms with Crippen LogP contribution in [-0.4, -0.2) is 29.9 Å². The minimum absolute atomic E-state index is 0.0729. The van der Waals surface area contributed by atoms with Crippen LogP contribution in [0.1, 0.15) is 30.1 Å². The largest absolute Gasteiger partial charge is 0.383 e. The van der Waals surface area contributed by atoms with Gasteiger partial charge in [0.25, 0.3) is 5.91 Å². The number of pyridine rings is 1. The summed E-state index contributed by atoms with van der Waals surface area (Å²) in [6, 6.07) is 3.23. The number of nitrogens with two attached hydrogens (primary N) is 1. The van der Waals surface area contributed by atoms with Crippen LogP contribution in [0.3, 0.4) is 0 Å². The summed E-state index contributed by atoms with van der Waals surface area (Å²) in [5.41, 5.74) is 5.89. The van der Waals surface area contributed by atoms with Crippen molar-refractivity contribution in [3.8, 4) is 0 Å². The van der Waals surface area contributed by atoms with Gasteiger partial charge in [0.1, 0.15) is 5.82 Å². The molecule has 0 radical (unpaired) electrons. The lowest BCUT2D eigenvalue weighted by Crippen LogP contribution is -2.31. The van der Waals surface area contributed by atoms with Gasteiger partial charge in [0.05, 0.1) is 5.56 Å². The van der Waals surface area contributed by atoms with Gasteiger partial charge in [-0.05, 0) is 18.6 Å². The lowest BCUT2D eigenvalue weighted by Gasteiger charge is -2.07. The topological polar surface area (TPSA) is 97.1 Å². The second-order valence-electron chi connectivity index (χ2n) is 3.79. The minimum atomic E-state index is -0.316. The van der Waals surface area contributed by atoms with Crippen molar-refractivity contribution in [2.24, 2.45) is 0 Å². The Bertz CT molecular complexity index is 420. The summed E-state index contributed by atoms with van der Waals surface area (Å²) in [5.74, 6) is -0.203. The molecule has 0 unspecified atom stereocenters. The van der Waals surface area contributed by atoms with E-state index in [1.165, 1.54) is 6.20 Å². The van der Waals surface area contributed by atoms with Gasteiger partial charge >= 0.3 is 0 Å². The molecule has 0 bridgehead atoms. The minimum Gasteiger partial charge on any atom is -0.383 e. The molecule has 0 spiro atoms. The van der Waals surface area contributed by atoms with Crippen LogP contribution in [0, 0.1) is 0 Å². The summed E-state index contributed by atoms with van der Waals surface area (Å²) in [6.07, 6.45) is 2.67. The highest BCUT2D eigenvalue weighted by molar-refractivity contribution is 5.98. The standard InChI is InChI=1S/C12H18N4O2/c1-2-6-14-10(17)5-8-16-12(18)9-4-3-7-15-11(9)13/h3-4,7H,2,5-6,8H2,1H3,(H2,13,15)(H,14,17)(H,16,18). The second-order valence-corrected chi connectivity index (χ2v) is 3.79. The van der Waals surface area contributed by atoms with E-state index in [0.717, 1.165) is 6.42 Å². The van der Waals surface area contributed by atoms with Crippen LogP contribution in [0.4, 0.5) is 5.82 Å². The van der Waals surface area contributed by atoms with Gasteiger partial charge in [-0.25, -0.2) is 4.98 Å². The monoisotopic (exact) mass is 250 g/mol. The number of hydrogen-bond donors (Lipinski definition) is 3. The van der Waals surface area contributed by atoms with E-state index in [1.807, 2.05) is 6.92 Å². The number of rotatable bonds is 6. The smallest absolute Gasteiger partial charge is 0.255 e. The van der Waals surface area contributed by atoms with Crippen molar-refractivity contribution in [1.29, 1.82) is 0 Å². The fourth-order valence-corrected chi connectivity index (χ4v) is 1.35. The van der Waals surface area contributed by atoms with Crippen LogP contribution in [0.15, 0.2) is 18.3 Å². The van der Waals surface area contributed by atoms with Crippen LogP contribution in [0.2, 0.25) is 0 Å². The Kier molecular flexibility index (Phi) is 5.63. The van der Waals surface area contributed by atoms with E-state index in [-0.39, 0.29) is 30.6 Å². The highest BCUT2D eigenvalue weighted by atomic mass is 16.2. The number of nitrogens with zero attached hydrogens (tertiary/aromatic N) is 1. The molecule has 1 aromatic heterocycles. The molecule has 18 heavy (non-hydrogen) atoms. The van der Waals surface area contributed by atoms with Gasteiger partial charge in [0.2, 0.25) is 5.91 Å². The highest BCUT2D eigenvalue weighted by Crippen LogP contribution is 2.05. The molecule has 0 aliphatic heterocycles. The predicted molar refractivity (Wildman–Crippen MR) is 68.9 cm³/mol. The lowest BCUT2D eigenvalue weighted by atomic mass is 10.2. The number of aromatic nitrogens is 1. The average Bonchev–Trinajstić information content (AvgIpc) is 2.36. The maximum atomic E-state index is 11.7. The van der Waals surface area contributed by atoms with Gasteiger partial charge in [-0.2, -0.15) is 0 Å². The maximum Gasteiger partial charge on any atom is 0.255 e. The Balaban J connectivity index is 2.34. The first-order valence-corrected chi connectivity index (χ1v) is 5.90. The van der Waals surface area contributed by atoms with Crippen molar-refractivity contribution >= 4 is 17.6 Å². The molecule has 2 amide bonds. The lowest BCUT2D eigenvalue weighted by molar-refractivity contribution is -0.120. The van der Waals surface area contributed by atoms with Crippen molar-refractivity contribution in [1.82, 2.24) is 15.6 Å². The van der Waals surface area contributed by atoms with Crippen LogP contribution in [-0.2, 0) is 4.79 Å². The van der Waals surface area contributed by atoms with Gasteiger partial charge in [-0.15, -0.1) is 0 Å². The van der Waals surface area contributed by atoms with Gasteiger partial charge < -0.3 is 16.4 Å². The zero-order valence-electron chi connectivity index (χ0n) is 10.4. The SMILES string of the molecule is CCCNC(=O)CCNC(=O)c1cccnc1N. The number of carbonyl (C=O) groups excluding carboxylic acids is 2. The number of hydrogen-bond acceptors (Lipinski definition) is 4. The quantitative estimate of drug-likeness (QED) is 0.677. The molecular weight excluding hydrogens is 232 g/mol. The number of nitrogen functional groups attached to an aromatic ring is 1. The van der Waals surface area contributed by atoms with E-state index in [2.05, 4.69) is 15.6 Å². The molecule has 4 N–H and O–H groups in total. The molecular formula is C12H18N4O2. The fraction of sp³-hybridized carbons (Fsp3) is 0.417. The highest BCUT2D eigenvalue weighted by Gasteiger charge is 2.09. The third-order valence-electron chi connectivity index (χ3n) is 2.29. The first-order chi connectivity index (χ1) is 8.65. The Morgan fingerprint density at radius 1 is 1.33 bits per heavy atom. The molecule has 0 atom stereocenters. The molecule has 98 valence electrons. The third kappa shape index (κ3) is 4.40. The first-order valence-electron chi connectivity index (χ1n) is 5.90. The normalized spacial score (nSPS) is 9.83. The summed E-state index contributed by atoms with van der Waals surface area (Å²) in [5, 5.41) is 5.36. The van der Waals surface area contributed by atoms with E-state index in [1.54, 1.807) is 12.1 Å². The molecule has 0 saturated heterocycles. The van der Waals surface area contributed by atoms with Crippen molar-refractivity contribution in [3.63, 3.8) is 0 Å². The fourth-order valence-electron chi connectivity index (χ4n) is 1.35. The van der Waals surface area contributed by atoms with E-state index < -0.39 is 0 Å². The van der Waals surface area contributed by atoms with Crippen molar-refractivity contribution < 1.29 is 9.59 Å². The van der Waals surface area contributed by atoms with Crippen molar-refractivity contribution in [2.45, 2.75) is 19.8 Å². The van der Waals surface area contributed by atoms with Gasteiger partial charge in [-0.3, -0.25) is 9.59 Å². The van der Waals surface area contributed by atoms with Crippen molar-refractivity contribution in [2.75, 3.05) is 18.8 Å². The first kappa shape index (κ1) is 14.0. The van der Waals surface area contributed by atoms with E-state index >= 15 is 0 Å². The van der Waals surface area contributed by atoms with E-state index in [0.29, 0.717) is 12.1 Å². The summed E-state index contributed by atoms with van der Waals surface area (Å²) in [7, 11) is 0. The molecule has 1 rings (SSSR count). The molecule has 6 nitrogen and oxygen atoms in total. The summed E-state index contributed by atoms with van der Waals surface area (Å²) in [4.78, 5) is 26.8. The molecule has 6 heteroatoms. The van der Waals surface area contributed by atoms with Crippen LogP contribution < -0.4 is 16.4 Å². The zero-order chi connectivity index (χ0) is 13.4. The Morgan fingerprint density at radius 2 is 2.11 bits per heavy atom. The molecule has 0 aliphatic carbocycles. The molecule has 1 heterocycles. The number of carbonyl (C=O) groups is 2. The third-order valence-corrected chi connectivity index (χ3v) is 2.29. The summed E-state index contributed by atoms with van der Waals surface area (Å²) in [6.45, 7) is 2.91. The summed E-state index contributed by atoms with van der Waals surface area (Å²) < 4.78 is 0. The Hall–Kier alpha value is -2.11. The molecule has 0 aliphatic rings. The van der Waals surface area contributed by atoms with Crippen molar-refractivity contribution in [3.05, 3.63) is 23.9 Å². The summed E-state index contributed by atoms with van der Waals surface area (Å²) >= 11 is 0. The Labute approximate surface area is 106 Å². The van der Waals surface area contributed by atoms with Crippen LogP contribution in [0.5, 0.6) is 0 Å². The molecule has 0 aromatic carbocycles. The zero-order valence-corrected chi connectivity index (χ0v) is 10.4. The Morgan fingerprint density at radius 3 is 2.78 bits per heavy atom. The average molecular weight is 250 g/mol. The number of anilines is 1. The maximum absolute atomic E-state index is 11.7. The van der Waals surface area contributed by atoms with E-state index in [4.69, 9.17) is 5.73 Å². The second kappa shape index (κ2) is 7.26. The van der Waals surface area contributed by atoms with E-state index in [9.17, 15) is 9.59 Å². The van der Waals surface area contributed by atoms with Crippen LogP contribution >= 0.6 is 0 Å². The molecule has 0 fully saturated rings. The van der Waals surface area contributed by atoms with Gasteiger partial charge in [0.15, 0.2) is 0 Å². The molecule has 0 saturated carbocycles. The number of nitrogens with one attached hydrogen (secondary N) is 2. The van der Waals surface area contributed by atoms with Gasteiger partial charge in [-0.1, -0.05) is 6.92 Å². The number of amides is 2. The molecule has 1 aromatic rings.